The minimum atomic E-state index is 0.585. The first-order valence-electron chi connectivity index (χ1n) is 6.07. The third kappa shape index (κ3) is 3.82. The van der Waals surface area contributed by atoms with Crippen LogP contribution in [0, 0.1) is 11.3 Å². The van der Waals surface area contributed by atoms with Crippen molar-refractivity contribution in [2.45, 2.75) is 13.0 Å². The Bertz CT molecular complexity index is 598. The van der Waals surface area contributed by atoms with Crippen molar-refractivity contribution in [1.29, 1.82) is 5.26 Å². The van der Waals surface area contributed by atoms with Gasteiger partial charge in [0, 0.05) is 37.8 Å². The van der Waals surface area contributed by atoms with Gasteiger partial charge in [-0.15, -0.1) is 0 Å². The van der Waals surface area contributed by atoms with E-state index in [0.29, 0.717) is 17.1 Å². The van der Waals surface area contributed by atoms with Gasteiger partial charge in [-0.2, -0.15) is 10.4 Å². The molecule has 19 heavy (non-hydrogen) atoms. The van der Waals surface area contributed by atoms with E-state index in [0.717, 1.165) is 24.2 Å². The van der Waals surface area contributed by atoms with Gasteiger partial charge in [0.25, 0.3) is 0 Å². The fraction of sp³-hybridized carbons (Fsp3) is 0.286. The molecular weight excluding hydrogens is 260 g/mol. The molecule has 0 amide bonds. The van der Waals surface area contributed by atoms with E-state index in [-0.39, 0.29) is 0 Å². The summed E-state index contributed by atoms with van der Waals surface area (Å²) >= 11 is 6.10. The van der Waals surface area contributed by atoms with Gasteiger partial charge in [-0.1, -0.05) is 17.7 Å². The highest BCUT2D eigenvalue weighted by Crippen LogP contribution is 2.17. The minimum absolute atomic E-state index is 0.585. The summed E-state index contributed by atoms with van der Waals surface area (Å²) in [6, 6.07) is 9.44. The Morgan fingerprint density at radius 3 is 2.89 bits per heavy atom. The van der Waals surface area contributed by atoms with Gasteiger partial charge in [-0.25, -0.2) is 0 Å². The molecule has 0 aliphatic rings. The molecule has 0 saturated heterocycles. The predicted octanol–water partition coefficient (Wildman–Crippen LogP) is 2.28. The van der Waals surface area contributed by atoms with Crippen molar-refractivity contribution >= 4 is 11.6 Å². The van der Waals surface area contributed by atoms with E-state index >= 15 is 0 Å². The first-order chi connectivity index (χ1) is 9.19. The first-order valence-corrected chi connectivity index (χ1v) is 6.44. The van der Waals surface area contributed by atoms with Crippen LogP contribution in [0.4, 0.5) is 0 Å². The summed E-state index contributed by atoms with van der Waals surface area (Å²) in [4.78, 5) is 0. The van der Waals surface area contributed by atoms with Gasteiger partial charge in [0.1, 0.15) is 0 Å². The van der Waals surface area contributed by atoms with Crippen LogP contribution in [0.3, 0.4) is 0 Å². The Morgan fingerprint density at radius 1 is 1.42 bits per heavy atom. The van der Waals surface area contributed by atoms with E-state index in [1.165, 1.54) is 0 Å². The summed E-state index contributed by atoms with van der Waals surface area (Å²) in [5, 5.41) is 17.0. The molecule has 98 valence electrons. The van der Waals surface area contributed by atoms with Gasteiger partial charge in [-0.05, 0) is 23.8 Å². The molecule has 0 fully saturated rings. The van der Waals surface area contributed by atoms with Crippen LogP contribution in [0.5, 0.6) is 0 Å². The van der Waals surface area contributed by atoms with Crippen LogP contribution in [0.1, 0.15) is 16.8 Å². The lowest BCUT2D eigenvalue weighted by atomic mass is 10.1. The first kappa shape index (κ1) is 13.6. The Hall–Kier alpha value is -1.83. The molecule has 0 saturated carbocycles. The molecule has 0 spiro atoms. The van der Waals surface area contributed by atoms with Crippen molar-refractivity contribution < 1.29 is 0 Å². The lowest BCUT2D eigenvalue weighted by Gasteiger charge is -2.06. The van der Waals surface area contributed by atoms with Crippen molar-refractivity contribution in [3.8, 4) is 6.07 Å². The lowest BCUT2D eigenvalue weighted by molar-refractivity contribution is 0.665. The van der Waals surface area contributed by atoms with Crippen LogP contribution < -0.4 is 5.32 Å². The van der Waals surface area contributed by atoms with Gasteiger partial charge < -0.3 is 5.32 Å². The maximum Gasteiger partial charge on any atom is 0.0992 e. The van der Waals surface area contributed by atoms with Crippen LogP contribution in [0.25, 0.3) is 0 Å². The zero-order valence-corrected chi connectivity index (χ0v) is 11.5. The van der Waals surface area contributed by atoms with Crippen LogP contribution in [-0.2, 0) is 20.0 Å². The summed E-state index contributed by atoms with van der Waals surface area (Å²) in [5.74, 6) is 0. The summed E-state index contributed by atoms with van der Waals surface area (Å²) in [5.41, 5.74) is 2.66. The number of halogens is 1. The smallest absolute Gasteiger partial charge is 0.0992 e. The van der Waals surface area contributed by atoms with E-state index < -0.39 is 0 Å². The molecular formula is C14H15ClN4. The fourth-order valence-corrected chi connectivity index (χ4v) is 2.04. The summed E-state index contributed by atoms with van der Waals surface area (Å²) in [6.45, 7) is 1.53. The molecule has 2 rings (SSSR count). The quantitative estimate of drug-likeness (QED) is 0.851. The molecule has 1 N–H and O–H groups in total. The number of nitrogens with zero attached hydrogens (tertiary/aromatic N) is 3. The van der Waals surface area contributed by atoms with E-state index in [1.54, 1.807) is 16.8 Å². The second-order valence-electron chi connectivity index (χ2n) is 4.33. The third-order valence-corrected chi connectivity index (χ3v) is 3.18. The highest BCUT2D eigenvalue weighted by Gasteiger charge is 2.02. The van der Waals surface area contributed by atoms with E-state index in [9.17, 15) is 0 Å². The largest absolute Gasteiger partial charge is 0.312 e. The zero-order chi connectivity index (χ0) is 13.7. The molecule has 1 aromatic carbocycles. The molecule has 0 bridgehead atoms. The van der Waals surface area contributed by atoms with Gasteiger partial charge >= 0.3 is 0 Å². The average molecular weight is 275 g/mol. The Morgan fingerprint density at radius 2 is 2.26 bits per heavy atom. The molecule has 1 aromatic heterocycles. The number of hydrogen-bond acceptors (Lipinski definition) is 3. The van der Waals surface area contributed by atoms with Crippen LogP contribution in [-0.4, -0.2) is 16.3 Å². The van der Waals surface area contributed by atoms with Crippen molar-refractivity contribution in [2.75, 3.05) is 6.54 Å². The maximum absolute atomic E-state index is 8.76. The third-order valence-electron chi connectivity index (χ3n) is 2.82. The van der Waals surface area contributed by atoms with Gasteiger partial charge in [0.15, 0.2) is 0 Å². The lowest BCUT2D eigenvalue weighted by Crippen LogP contribution is -2.17. The second-order valence-corrected chi connectivity index (χ2v) is 4.73. The maximum atomic E-state index is 8.76. The molecule has 5 heteroatoms. The minimum Gasteiger partial charge on any atom is -0.312 e. The Balaban J connectivity index is 1.81. The SMILES string of the molecule is Cn1ccc(CCNCc2ccc(C#N)cc2Cl)n1. The molecule has 1 heterocycles. The van der Waals surface area contributed by atoms with Gasteiger partial charge in [0.05, 0.1) is 17.3 Å². The number of nitrogens with one attached hydrogen (secondary N) is 1. The van der Waals surface area contributed by atoms with Gasteiger partial charge in [-0.3, -0.25) is 4.68 Å². The van der Waals surface area contributed by atoms with E-state index in [1.807, 2.05) is 25.4 Å². The molecule has 0 unspecified atom stereocenters. The van der Waals surface area contributed by atoms with Crippen molar-refractivity contribution in [2.24, 2.45) is 7.05 Å². The number of aromatic nitrogens is 2. The normalized spacial score (nSPS) is 10.4. The predicted molar refractivity (Wildman–Crippen MR) is 74.8 cm³/mol. The van der Waals surface area contributed by atoms with Gasteiger partial charge in [0.2, 0.25) is 0 Å². The molecule has 0 atom stereocenters. The Labute approximate surface area is 117 Å². The number of aryl methyl sites for hydroxylation is 1. The van der Waals surface area contributed by atoms with Crippen LogP contribution >= 0.6 is 11.6 Å². The molecule has 0 aliphatic carbocycles. The summed E-state index contributed by atoms with van der Waals surface area (Å²) in [7, 11) is 1.91. The summed E-state index contributed by atoms with van der Waals surface area (Å²) < 4.78 is 1.80. The second kappa shape index (κ2) is 6.37. The number of rotatable bonds is 5. The number of hydrogen-bond donors (Lipinski definition) is 1. The zero-order valence-electron chi connectivity index (χ0n) is 10.7. The van der Waals surface area contributed by atoms with E-state index in [2.05, 4.69) is 16.5 Å². The Kier molecular flexibility index (Phi) is 4.56. The standard InChI is InChI=1S/C14H15ClN4/c1-19-7-5-13(18-19)4-6-17-10-12-3-2-11(9-16)8-14(12)15/h2-3,5,7-8,17H,4,6,10H2,1H3. The molecule has 0 radical (unpaired) electrons. The van der Waals surface area contributed by atoms with E-state index in [4.69, 9.17) is 16.9 Å². The van der Waals surface area contributed by atoms with Crippen molar-refractivity contribution in [1.82, 2.24) is 15.1 Å². The number of nitriles is 1. The summed E-state index contributed by atoms with van der Waals surface area (Å²) in [6.07, 6.45) is 2.82. The average Bonchev–Trinajstić information content (AvgIpc) is 2.82. The van der Waals surface area contributed by atoms with Crippen LogP contribution in [0.2, 0.25) is 5.02 Å². The molecule has 4 nitrogen and oxygen atoms in total. The molecule has 2 aromatic rings. The highest BCUT2D eigenvalue weighted by atomic mass is 35.5. The van der Waals surface area contributed by atoms with Crippen LogP contribution in [0.15, 0.2) is 30.5 Å². The van der Waals surface area contributed by atoms with Crippen molar-refractivity contribution in [3.05, 3.63) is 52.3 Å². The monoisotopic (exact) mass is 274 g/mol. The fourth-order valence-electron chi connectivity index (χ4n) is 1.80. The topological polar surface area (TPSA) is 53.6 Å². The highest BCUT2D eigenvalue weighted by molar-refractivity contribution is 6.31. The molecule has 0 aliphatic heterocycles. The van der Waals surface area contributed by atoms with Crippen molar-refractivity contribution in [3.63, 3.8) is 0 Å². The number of benzene rings is 1.